The summed E-state index contributed by atoms with van der Waals surface area (Å²) in [5.74, 6) is -0.271. The maximum Gasteiger partial charge on any atom is 0.155 e. The van der Waals surface area contributed by atoms with Crippen LogP contribution in [-0.4, -0.2) is 18.9 Å². The molecule has 1 atom stereocenters. The molecule has 0 heterocycles. The molecule has 22 heavy (non-hydrogen) atoms. The van der Waals surface area contributed by atoms with Crippen LogP contribution in [0.25, 0.3) is 0 Å². The minimum Gasteiger partial charge on any atom is -0.372 e. The normalized spacial score (nSPS) is 33.1. The highest BCUT2D eigenvalue weighted by atomic mass is 16.1. The summed E-state index contributed by atoms with van der Waals surface area (Å²) >= 11 is 0. The lowest BCUT2D eigenvalue weighted by Crippen LogP contribution is -2.56. The average molecular weight is 296 g/mol. The van der Waals surface area contributed by atoms with Crippen molar-refractivity contribution >= 4 is 11.5 Å². The molecule has 0 bridgehead atoms. The maximum atomic E-state index is 12.3. The van der Waals surface area contributed by atoms with Gasteiger partial charge in [-0.05, 0) is 43.2 Å². The van der Waals surface area contributed by atoms with Crippen molar-refractivity contribution in [3.05, 3.63) is 30.3 Å². The predicted molar refractivity (Wildman–Crippen MR) is 87.4 cm³/mol. The minimum atomic E-state index is -0.410. The van der Waals surface area contributed by atoms with E-state index >= 15 is 0 Å². The zero-order valence-corrected chi connectivity index (χ0v) is 13.7. The highest BCUT2D eigenvalue weighted by molar-refractivity contribution is 5.89. The molecule has 3 nitrogen and oxygen atoms in total. The van der Waals surface area contributed by atoms with E-state index in [0.29, 0.717) is 6.04 Å². The fraction of sp³-hybridized carbons (Fsp3) is 0.579. The van der Waals surface area contributed by atoms with Gasteiger partial charge >= 0.3 is 0 Å². The van der Waals surface area contributed by atoms with E-state index in [1.807, 2.05) is 19.9 Å². The van der Waals surface area contributed by atoms with E-state index in [1.54, 1.807) is 0 Å². The number of anilines is 1. The summed E-state index contributed by atoms with van der Waals surface area (Å²) in [6.45, 7) is 4.02. The van der Waals surface area contributed by atoms with Gasteiger partial charge in [-0.3, -0.25) is 4.79 Å². The number of benzene rings is 1. The molecule has 1 unspecified atom stereocenters. The van der Waals surface area contributed by atoms with Crippen LogP contribution < -0.4 is 4.90 Å². The highest BCUT2D eigenvalue weighted by Gasteiger charge is 2.55. The van der Waals surface area contributed by atoms with E-state index in [0.717, 1.165) is 25.7 Å². The average Bonchev–Trinajstić information content (AvgIpc) is 2.47. The van der Waals surface area contributed by atoms with Gasteiger partial charge in [0.1, 0.15) is 5.92 Å². The predicted octanol–water partition coefficient (Wildman–Crippen LogP) is 3.80. The molecular formula is C19H24N2O. The quantitative estimate of drug-likeness (QED) is 0.833. The van der Waals surface area contributed by atoms with E-state index < -0.39 is 5.92 Å². The number of Topliss-reactive ketones (excluding diaryl/α,β-unsaturated/α-hetero) is 1. The lowest BCUT2D eigenvalue weighted by atomic mass is 9.50. The van der Waals surface area contributed by atoms with Crippen molar-refractivity contribution in [1.82, 2.24) is 0 Å². The molecule has 0 radical (unpaired) electrons. The Hall–Kier alpha value is -1.82. The summed E-state index contributed by atoms with van der Waals surface area (Å²) in [6.07, 6.45) is 3.86. The number of carbonyl (C=O) groups excluding carboxylic acids is 1. The number of rotatable bonds is 2. The lowest BCUT2D eigenvalue weighted by Gasteiger charge is -2.57. The minimum absolute atomic E-state index is 0.139. The smallest absolute Gasteiger partial charge is 0.155 e. The third kappa shape index (κ3) is 2.41. The molecule has 2 saturated carbocycles. The van der Waals surface area contributed by atoms with E-state index in [2.05, 4.69) is 42.3 Å². The second kappa shape index (κ2) is 5.12. The lowest BCUT2D eigenvalue weighted by molar-refractivity contribution is -0.141. The van der Waals surface area contributed by atoms with Gasteiger partial charge in [-0.15, -0.1) is 0 Å². The standard InChI is InChI=1S/C19H24N2O/c1-18(2)13-19(9-14(12-20)17(18)22)10-16(11-19)21(3)15-7-5-4-6-8-15/h4-8,14,16H,9-11,13H2,1-3H3. The number of ketones is 1. The van der Waals surface area contributed by atoms with E-state index in [4.69, 9.17) is 0 Å². The molecule has 1 aromatic carbocycles. The van der Waals surface area contributed by atoms with Crippen molar-refractivity contribution < 1.29 is 4.79 Å². The van der Waals surface area contributed by atoms with E-state index in [-0.39, 0.29) is 16.6 Å². The Bertz CT molecular complexity index is 608. The first kappa shape index (κ1) is 15.1. The van der Waals surface area contributed by atoms with Gasteiger partial charge in [0.05, 0.1) is 6.07 Å². The summed E-state index contributed by atoms with van der Waals surface area (Å²) in [5, 5.41) is 9.32. The van der Waals surface area contributed by atoms with Gasteiger partial charge in [0, 0.05) is 24.2 Å². The molecule has 0 aromatic heterocycles. The van der Waals surface area contributed by atoms with Gasteiger partial charge in [0.15, 0.2) is 5.78 Å². The zero-order chi connectivity index (χ0) is 16.0. The second-order valence-corrected chi connectivity index (χ2v) is 7.82. The van der Waals surface area contributed by atoms with Gasteiger partial charge in [0.25, 0.3) is 0 Å². The van der Waals surface area contributed by atoms with Gasteiger partial charge in [-0.2, -0.15) is 5.26 Å². The molecule has 1 spiro atoms. The summed E-state index contributed by atoms with van der Waals surface area (Å²) in [6, 6.07) is 13.2. The Kier molecular flexibility index (Phi) is 3.51. The van der Waals surface area contributed by atoms with Crippen LogP contribution in [0.15, 0.2) is 30.3 Å². The molecule has 0 amide bonds. The molecule has 3 heteroatoms. The van der Waals surface area contributed by atoms with Crippen LogP contribution in [0.4, 0.5) is 5.69 Å². The van der Waals surface area contributed by atoms with Crippen molar-refractivity contribution in [3.8, 4) is 6.07 Å². The summed E-state index contributed by atoms with van der Waals surface area (Å²) in [4.78, 5) is 14.7. The van der Waals surface area contributed by atoms with Crippen molar-refractivity contribution in [2.45, 2.75) is 45.6 Å². The van der Waals surface area contributed by atoms with Gasteiger partial charge in [0.2, 0.25) is 0 Å². The maximum absolute atomic E-state index is 12.3. The summed E-state index contributed by atoms with van der Waals surface area (Å²) in [7, 11) is 2.15. The topological polar surface area (TPSA) is 44.1 Å². The van der Waals surface area contributed by atoms with Crippen LogP contribution in [0.5, 0.6) is 0 Å². The number of nitrogens with zero attached hydrogens (tertiary/aromatic N) is 2. The van der Waals surface area contributed by atoms with Crippen LogP contribution in [0.3, 0.4) is 0 Å². The van der Waals surface area contributed by atoms with Crippen LogP contribution >= 0.6 is 0 Å². The molecule has 1 aromatic rings. The van der Waals surface area contributed by atoms with E-state index in [1.165, 1.54) is 5.69 Å². The molecule has 2 aliphatic rings. The second-order valence-electron chi connectivity index (χ2n) is 7.82. The number of para-hydroxylation sites is 1. The van der Waals surface area contributed by atoms with Crippen molar-refractivity contribution in [1.29, 1.82) is 5.26 Å². The molecule has 2 aliphatic carbocycles. The first-order valence-electron chi connectivity index (χ1n) is 8.09. The number of hydrogen-bond donors (Lipinski definition) is 0. The first-order chi connectivity index (χ1) is 10.4. The third-order valence-corrected chi connectivity index (χ3v) is 5.64. The zero-order valence-electron chi connectivity index (χ0n) is 13.7. The Labute approximate surface area is 132 Å². The van der Waals surface area contributed by atoms with Crippen molar-refractivity contribution in [2.75, 3.05) is 11.9 Å². The number of hydrogen-bond acceptors (Lipinski definition) is 3. The van der Waals surface area contributed by atoms with Crippen LogP contribution in [-0.2, 0) is 4.79 Å². The fourth-order valence-corrected chi connectivity index (χ4v) is 4.60. The van der Waals surface area contributed by atoms with Crippen LogP contribution in [0.2, 0.25) is 0 Å². The summed E-state index contributed by atoms with van der Waals surface area (Å²) in [5.41, 5.74) is 1.07. The Morgan fingerprint density at radius 1 is 1.18 bits per heavy atom. The molecule has 0 aliphatic heterocycles. The largest absolute Gasteiger partial charge is 0.372 e. The Morgan fingerprint density at radius 3 is 2.41 bits per heavy atom. The molecule has 0 N–H and O–H groups in total. The van der Waals surface area contributed by atoms with Gasteiger partial charge in [-0.25, -0.2) is 0 Å². The highest BCUT2D eigenvalue weighted by Crippen LogP contribution is 2.58. The SMILES string of the molecule is CN(c1ccccc1)C1CC2(CC(C#N)C(=O)C(C)(C)C2)C1. The molecule has 0 saturated heterocycles. The van der Waals surface area contributed by atoms with Crippen molar-refractivity contribution in [3.63, 3.8) is 0 Å². The van der Waals surface area contributed by atoms with E-state index in [9.17, 15) is 10.1 Å². The molecule has 3 rings (SSSR count). The van der Waals surface area contributed by atoms with Crippen molar-refractivity contribution in [2.24, 2.45) is 16.7 Å². The van der Waals surface area contributed by atoms with Crippen LogP contribution in [0.1, 0.15) is 39.5 Å². The third-order valence-electron chi connectivity index (χ3n) is 5.64. The number of nitriles is 1. The Balaban J connectivity index is 1.72. The van der Waals surface area contributed by atoms with Gasteiger partial charge < -0.3 is 4.90 Å². The van der Waals surface area contributed by atoms with Crippen LogP contribution in [0, 0.1) is 28.1 Å². The fourth-order valence-electron chi connectivity index (χ4n) is 4.60. The molecular weight excluding hydrogens is 272 g/mol. The first-order valence-corrected chi connectivity index (χ1v) is 8.09. The van der Waals surface area contributed by atoms with Gasteiger partial charge in [-0.1, -0.05) is 32.0 Å². The summed E-state index contributed by atoms with van der Waals surface area (Å²) < 4.78 is 0. The molecule has 116 valence electrons. The number of carbonyl (C=O) groups is 1. The monoisotopic (exact) mass is 296 g/mol. The molecule has 2 fully saturated rings. The Morgan fingerprint density at radius 2 is 1.82 bits per heavy atom.